The van der Waals surface area contributed by atoms with Crippen molar-refractivity contribution in [3.05, 3.63) is 64.6 Å². The van der Waals surface area contributed by atoms with Gasteiger partial charge in [0, 0.05) is 0 Å². The molecule has 9 heteroatoms. The predicted molar refractivity (Wildman–Crippen MR) is 118 cm³/mol. The van der Waals surface area contributed by atoms with Gasteiger partial charge in [-0.1, -0.05) is 49.1 Å². The second-order valence-corrected chi connectivity index (χ2v) is 7.97. The van der Waals surface area contributed by atoms with Gasteiger partial charge < -0.3 is 14.9 Å². The number of anilines is 1. The molecule has 1 atom stereocenters. The van der Waals surface area contributed by atoms with Crippen molar-refractivity contribution in [2.24, 2.45) is 0 Å². The number of thiocarbonyl (C=S) groups is 1. The van der Waals surface area contributed by atoms with Gasteiger partial charge in [-0.15, -0.1) is 0 Å². The van der Waals surface area contributed by atoms with Crippen LogP contribution in [0.25, 0.3) is 6.08 Å². The quantitative estimate of drug-likeness (QED) is 0.488. The summed E-state index contributed by atoms with van der Waals surface area (Å²) in [6.07, 6.45) is 0.989. The molecule has 7 nitrogen and oxygen atoms in total. The summed E-state index contributed by atoms with van der Waals surface area (Å²) in [5, 5.41) is 18.3. The molecule has 1 saturated heterocycles. The lowest BCUT2D eigenvalue weighted by atomic mass is 10.1. The van der Waals surface area contributed by atoms with Crippen LogP contribution in [0, 0.1) is 0 Å². The van der Waals surface area contributed by atoms with E-state index in [0.717, 1.165) is 11.8 Å². The Hall–Kier alpha value is -3.17. The van der Waals surface area contributed by atoms with Gasteiger partial charge in [-0.25, -0.2) is 9.59 Å². The number of thioether (sulfide) groups is 1. The van der Waals surface area contributed by atoms with Gasteiger partial charge in [-0.3, -0.25) is 9.69 Å². The number of benzene rings is 2. The highest BCUT2D eigenvalue weighted by atomic mass is 32.2. The van der Waals surface area contributed by atoms with Gasteiger partial charge in [0.1, 0.15) is 5.75 Å². The molecule has 0 spiro atoms. The summed E-state index contributed by atoms with van der Waals surface area (Å²) in [5.41, 5.74) is 1.08. The largest absolute Gasteiger partial charge is 0.479 e. The number of carbonyl (C=O) groups excluding carboxylic acids is 1. The number of carboxylic acids is 2. The number of rotatable bonds is 7. The van der Waals surface area contributed by atoms with E-state index in [2.05, 4.69) is 0 Å². The third kappa shape index (κ3) is 4.69. The molecule has 2 aromatic carbocycles. The average molecular weight is 444 g/mol. The molecule has 2 aromatic rings. The molecule has 30 heavy (non-hydrogen) atoms. The van der Waals surface area contributed by atoms with E-state index in [1.54, 1.807) is 49.4 Å². The third-order valence-corrected chi connectivity index (χ3v) is 5.53. The maximum Gasteiger partial charge on any atom is 0.344 e. The zero-order valence-corrected chi connectivity index (χ0v) is 17.4. The molecule has 1 aliphatic rings. The smallest absolute Gasteiger partial charge is 0.344 e. The molecule has 1 amide bonds. The van der Waals surface area contributed by atoms with Crippen LogP contribution in [0.1, 0.15) is 29.3 Å². The second kappa shape index (κ2) is 9.10. The van der Waals surface area contributed by atoms with Crippen molar-refractivity contribution in [3.63, 3.8) is 0 Å². The van der Waals surface area contributed by atoms with E-state index in [-0.39, 0.29) is 15.8 Å². The van der Waals surface area contributed by atoms with Crippen LogP contribution in [0.2, 0.25) is 0 Å². The van der Waals surface area contributed by atoms with Crippen LogP contribution in [-0.4, -0.2) is 38.5 Å². The SMILES string of the molecule is CCC(Oc1cccc(/C=C2\SC(=S)N(c3cccc(C(=O)O)c3)C2=O)c1)C(=O)O. The van der Waals surface area contributed by atoms with Gasteiger partial charge in [0.25, 0.3) is 5.91 Å². The summed E-state index contributed by atoms with van der Waals surface area (Å²) in [6.45, 7) is 1.72. The molecular formula is C21H17NO6S2. The van der Waals surface area contributed by atoms with Gasteiger partial charge in [0.05, 0.1) is 16.2 Å². The first-order valence-electron chi connectivity index (χ1n) is 8.91. The zero-order chi connectivity index (χ0) is 21.8. The Morgan fingerprint density at radius 3 is 2.60 bits per heavy atom. The highest BCUT2D eigenvalue weighted by Gasteiger charge is 2.33. The van der Waals surface area contributed by atoms with Crippen LogP contribution in [0.4, 0.5) is 5.69 Å². The molecule has 154 valence electrons. The molecule has 0 saturated carbocycles. The Bertz CT molecular complexity index is 1060. The monoisotopic (exact) mass is 443 g/mol. The summed E-state index contributed by atoms with van der Waals surface area (Å²) in [5.74, 6) is -2.13. The number of carbonyl (C=O) groups is 3. The standard InChI is InChI=1S/C21H17NO6S2/c1-2-16(20(26)27)28-15-8-3-5-12(9-15)10-17-18(23)22(21(29)30-17)14-7-4-6-13(11-14)19(24)25/h3-11,16H,2H2,1H3,(H,24,25)(H,26,27)/b17-10-. The summed E-state index contributed by atoms with van der Waals surface area (Å²) in [4.78, 5) is 36.9. The lowest BCUT2D eigenvalue weighted by molar-refractivity contribution is -0.145. The summed E-state index contributed by atoms with van der Waals surface area (Å²) in [7, 11) is 0. The van der Waals surface area contributed by atoms with Crippen LogP contribution in [-0.2, 0) is 9.59 Å². The number of carboxylic acid groups (broad SMARTS) is 2. The topological polar surface area (TPSA) is 104 Å². The number of hydrogen-bond acceptors (Lipinski definition) is 6. The van der Waals surface area contributed by atoms with E-state index in [9.17, 15) is 14.4 Å². The van der Waals surface area contributed by atoms with E-state index in [4.69, 9.17) is 27.2 Å². The van der Waals surface area contributed by atoms with Crippen LogP contribution < -0.4 is 9.64 Å². The van der Waals surface area contributed by atoms with E-state index >= 15 is 0 Å². The van der Waals surface area contributed by atoms with Crippen LogP contribution in [0.3, 0.4) is 0 Å². The van der Waals surface area contributed by atoms with Gasteiger partial charge in [0.15, 0.2) is 10.4 Å². The van der Waals surface area contributed by atoms with Crippen molar-refractivity contribution < 1.29 is 29.3 Å². The molecule has 0 aliphatic carbocycles. The average Bonchev–Trinajstić information content (AvgIpc) is 2.99. The Morgan fingerprint density at radius 1 is 1.20 bits per heavy atom. The predicted octanol–water partition coefficient (Wildman–Crippen LogP) is 4.03. The fourth-order valence-electron chi connectivity index (χ4n) is 2.77. The summed E-state index contributed by atoms with van der Waals surface area (Å²) < 4.78 is 5.78. The van der Waals surface area contributed by atoms with Gasteiger partial charge in [-0.05, 0) is 48.4 Å². The Balaban J connectivity index is 1.85. The van der Waals surface area contributed by atoms with E-state index in [1.165, 1.54) is 17.0 Å². The molecule has 1 aliphatic heterocycles. The maximum absolute atomic E-state index is 12.9. The first kappa shape index (κ1) is 21.5. The summed E-state index contributed by atoms with van der Waals surface area (Å²) >= 11 is 6.42. The minimum atomic E-state index is -1.10. The van der Waals surface area contributed by atoms with Crippen LogP contribution in [0.5, 0.6) is 5.75 Å². The van der Waals surface area contributed by atoms with Crippen molar-refractivity contribution in [2.75, 3.05) is 4.90 Å². The van der Waals surface area contributed by atoms with Crippen molar-refractivity contribution in [1.29, 1.82) is 0 Å². The van der Waals surface area contributed by atoms with E-state index < -0.39 is 18.0 Å². The number of nitrogens with zero attached hydrogens (tertiary/aromatic N) is 1. The highest BCUT2D eigenvalue weighted by Crippen LogP contribution is 2.36. The van der Waals surface area contributed by atoms with Gasteiger partial charge in [-0.2, -0.15) is 0 Å². The van der Waals surface area contributed by atoms with Crippen molar-refractivity contribution >= 4 is 57.9 Å². The maximum atomic E-state index is 12.9. The van der Waals surface area contributed by atoms with Gasteiger partial charge >= 0.3 is 11.9 Å². The fraction of sp³-hybridized carbons (Fsp3) is 0.143. The van der Waals surface area contributed by atoms with Crippen LogP contribution in [0.15, 0.2) is 53.4 Å². The molecule has 0 aromatic heterocycles. The lowest BCUT2D eigenvalue weighted by Crippen LogP contribution is -2.27. The first-order valence-corrected chi connectivity index (χ1v) is 10.1. The lowest BCUT2D eigenvalue weighted by Gasteiger charge is -2.15. The molecule has 1 unspecified atom stereocenters. The first-order chi connectivity index (χ1) is 14.3. The molecule has 0 bridgehead atoms. The van der Waals surface area contributed by atoms with Crippen molar-refractivity contribution in [1.82, 2.24) is 0 Å². The van der Waals surface area contributed by atoms with E-state index in [0.29, 0.717) is 28.3 Å². The number of ether oxygens (including phenoxy) is 1. The number of amides is 1. The fourth-order valence-corrected chi connectivity index (χ4v) is 4.07. The molecule has 3 rings (SSSR count). The Kier molecular flexibility index (Phi) is 6.53. The highest BCUT2D eigenvalue weighted by molar-refractivity contribution is 8.27. The molecule has 0 radical (unpaired) electrons. The molecule has 2 N–H and O–H groups in total. The Morgan fingerprint density at radius 2 is 1.93 bits per heavy atom. The molecular weight excluding hydrogens is 426 g/mol. The Labute approximate surface area is 182 Å². The molecule has 1 heterocycles. The minimum absolute atomic E-state index is 0.0549. The normalized spacial score (nSPS) is 16.0. The number of aliphatic carboxylic acids is 1. The zero-order valence-electron chi connectivity index (χ0n) is 15.8. The number of aromatic carboxylic acids is 1. The number of hydrogen-bond donors (Lipinski definition) is 2. The van der Waals surface area contributed by atoms with Gasteiger partial charge in [0.2, 0.25) is 0 Å². The second-order valence-electron chi connectivity index (χ2n) is 6.30. The van der Waals surface area contributed by atoms with Crippen LogP contribution >= 0.6 is 24.0 Å². The van der Waals surface area contributed by atoms with E-state index in [1.807, 2.05) is 0 Å². The molecule has 1 fully saturated rings. The van der Waals surface area contributed by atoms with Crippen molar-refractivity contribution in [3.8, 4) is 5.75 Å². The third-order valence-electron chi connectivity index (χ3n) is 4.23. The minimum Gasteiger partial charge on any atom is -0.479 e. The van der Waals surface area contributed by atoms with Crippen molar-refractivity contribution in [2.45, 2.75) is 19.4 Å². The summed E-state index contributed by atoms with van der Waals surface area (Å²) in [6, 6.07) is 12.7.